The minimum atomic E-state index is -0.140. The largest absolute Gasteiger partial charge is 0.497 e. The van der Waals surface area contributed by atoms with Crippen molar-refractivity contribution in [3.05, 3.63) is 69.2 Å². The lowest BCUT2D eigenvalue weighted by Crippen LogP contribution is -2.30. The SMILES string of the molecule is COc1ccc(C2CCCCCN2Cc2nc3ccc(Cl)cc3c(=O)[nH]2)cc1. The number of aromatic amines is 1. The zero-order valence-corrected chi connectivity index (χ0v) is 16.7. The lowest BCUT2D eigenvalue weighted by molar-refractivity contribution is 0.187. The molecule has 1 fully saturated rings. The molecule has 1 unspecified atom stereocenters. The number of hydrogen-bond acceptors (Lipinski definition) is 4. The summed E-state index contributed by atoms with van der Waals surface area (Å²) in [5, 5.41) is 1.07. The second-order valence-corrected chi connectivity index (χ2v) is 7.72. The summed E-state index contributed by atoms with van der Waals surface area (Å²) in [7, 11) is 1.68. The van der Waals surface area contributed by atoms with E-state index in [0.29, 0.717) is 34.3 Å². The first kappa shape index (κ1) is 19.0. The van der Waals surface area contributed by atoms with Crippen LogP contribution in [0.1, 0.15) is 43.1 Å². The average molecular weight is 398 g/mol. The van der Waals surface area contributed by atoms with E-state index < -0.39 is 0 Å². The number of benzene rings is 2. The second-order valence-electron chi connectivity index (χ2n) is 7.28. The number of H-pyrrole nitrogens is 1. The highest BCUT2D eigenvalue weighted by molar-refractivity contribution is 6.31. The van der Waals surface area contributed by atoms with Crippen LogP contribution < -0.4 is 10.3 Å². The van der Waals surface area contributed by atoms with Gasteiger partial charge in [-0.2, -0.15) is 0 Å². The Morgan fingerprint density at radius 2 is 2.00 bits per heavy atom. The minimum absolute atomic E-state index is 0.140. The number of ether oxygens (including phenoxy) is 1. The van der Waals surface area contributed by atoms with Crippen molar-refractivity contribution in [2.75, 3.05) is 13.7 Å². The molecule has 4 rings (SSSR count). The van der Waals surface area contributed by atoms with Gasteiger partial charge in [0.15, 0.2) is 0 Å². The fourth-order valence-corrected chi connectivity index (χ4v) is 4.16. The molecule has 2 heterocycles. The highest BCUT2D eigenvalue weighted by atomic mass is 35.5. The van der Waals surface area contributed by atoms with Gasteiger partial charge in [-0.05, 0) is 55.3 Å². The molecule has 0 spiro atoms. The monoisotopic (exact) mass is 397 g/mol. The molecule has 1 atom stereocenters. The zero-order chi connectivity index (χ0) is 19.5. The van der Waals surface area contributed by atoms with Gasteiger partial charge < -0.3 is 9.72 Å². The summed E-state index contributed by atoms with van der Waals surface area (Å²) in [6.45, 7) is 1.60. The Hall–Kier alpha value is -2.37. The van der Waals surface area contributed by atoms with Crippen LogP contribution in [-0.2, 0) is 6.54 Å². The van der Waals surface area contributed by atoms with E-state index in [-0.39, 0.29) is 5.56 Å². The van der Waals surface area contributed by atoms with Gasteiger partial charge in [0.25, 0.3) is 5.56 Å². The summed E-state index contributed by atoms with van der Waals surface area (Å²) in [4.78, 5) is 22.6. The van der Waals surface area contributed by atoms with Crippen LogP contribution in [0.2, 0.25) is 5.02 Å². The molecular formula is C22H24ClN3O2. The van der Waals surface area contributed by atoms with Crippen LogP contribution in [0.3, 0.4) is 0 Å². The van der Waals surface area contributed by atoms with E-state index >= 15 is 0 Å². The number of aromatic nitrogens is 2. The highest BCUT2D eigenvalue weighted by Gasteiger charge is 2.23. The van der Waals surface area contributed by atoms with E-state index in [1.807, 2.05) is 12.1 Å². The van der Waals surface area contributed by atoms with Crippen molar-refractivity contribution in [1.29, 1.82) is 0 Å². The Labute approximate surface area is 169 Å². The van der Waals surface area contributed by atoms with Crippen molar-refractivity contribution in [1.82, 2.24) is 14.9 Å². The van der Waals surface area contributed by atoms with E-state index in [2.05, 4.69) is 27.0 Å². The van der Waals surface area contributed by atoms with Crippen LogP contribution in [0.15, 0.2) is 47.3 Å². The van der Waals surface area contributed by atoms with E-state index in [9.17, 15) is 4.79 Å². The van der Waals surface area contributed by atoms with E-state index in [1.165, 1.54) is 18.4 Å². The van der Waals surface area contributed by atoms with Crippen LogP contribution in [0.4, 0.5) is 0 Å². The van der Waals surface area contributed by atoms with E-state index in [0.717, 1.165) is 25.1 Å². The number of methoxy groups -OCH3 is 1. The van der Waals surface area contributed by atoms with Gasteiger partial charge in [0, 0.05) is 11.1 Å². The highest BCUT2D eigenvalue weighted by Crippen LogP contribution is 2.32. The first-order valence-electron chi connectivity index (χ1n) is 9.70. The quantitative estimate of drug-likeness (QED) is 0.693. The van der Waals surface area contributed by atoms with Crippen LogP contribution in [0.25, 0.3) is 10.9 Å². The maximum absolute atomic E-state index is 12.5. The summed E-state index contributed by atoms with van der Waals surface area (Å²) < 4.78 is 5.29. The fraction of sp³-hybridized carbons (Fsp3) is 0.364. The van der Waals surface area contributed by atoms with Crippen LogP contribution in [0, 0.1) is 0 Å². The predicted molar refractivity (Wildman–Crippen MR) is 112 cm³/mol. The molecule has 1 aliphatic heterocycles. The molecule has 0 radical (unpaired) electrons. The molecule has 0 saturated carbocycles. The van der Waals surface area contributed by atoms with Gasteiger partial charge in [0.1, 0.15) is 11.6 Å². The number of hydrogen-bond donors (Lipinski definition) is 1. The third kappa shape index (κ3) is 4.05. The van der Waals surface area contributed by atoms with Crippen LogP contribution in [-0.4, -0.2) is 28.5 Å². The van der Waals surface area contributed by atoms with Crippen molar-refractivity contribution < 1.29 is 4.74 Å². The maximum Gasteiger partial charge on any atom is 0.258 e. The van der Waals surface area contributed by atoms with Gasteiger partial charge in [-0.1, -0.05) is 36.6 Å². The molecule has 6 heteroatoms. The van der Waals surface area contributed by atoms with Crippen molar-refractivity contribution >= 4 is 22.5 Å². The molecule has 2 aromatic carbocycles. The summed E-state index contributed by atoms with van der Waals surface area (Å²) >= 11 is 6.02. The number of rotatable bonds is 4. The van der Waals surface area contributed by atoms with Crippen LogP contribution >= 0.6 is 11.6 Å². The molecule has 0 bridgehead atoms. The molecule has 1 N–H and O–H groups in total. The van der Waals surface area contributed by atoms with Crippen molar-refractivity contribution in [2.24, 2.45) is 0 Å². The van der Waals surface area contributed by atoms with E-state index in [4.69, 9.17) is 16.3 Å². The molecule has 146 valence electrons. The lowest BCUT2D eigenvalue weighted by Gasteiger charge is -2.30. The zero-order valence-electron chi connectivity index (χ0n) is 16.0. The molecule has 1 aromatic heterocycles. The smallest absolute Gasteiger partial charge is 0.258 e. The Kier molecular flexibility index (Phi) is 5.64. The second kappa shape index (κ2) is 8.33. The van der Waals surface area contributed by atoms with Gasteiger partial charge in [0.05, 0.1) is 24.6 Å². The number of nitrogens with one attached hydrogen (secondary N) is 1. The Morgan fingerprint density at radius 1 is 1.18 bits per heavy atom. The molecule has 3 aromatic rings. The van der Waals surface area contributed by atoms with Gasteiger partial charge in [0.2, 0.25) is 0 Å². The van der Waals surface area contributed by atoms with Gasteiger partial charge >= 0.3 is 0 Å². The van der Waals surface area contributed by atoms with Crippen molar-refractivity contribution in [3.63, 3.8) is 0 Å². The molecule has 1 saturated heterocycles. The predicted octanol–water partition coefficient (Wildman–Crippen LogP) is 4.70. The Bertz CT molecular complexity index is 1020. The molecule has 28 heavy (non-hydrogen) atoms. The third-order valence-corrected chi connectivity index (χ3v) is 5.67. The van der Waals surface area contributed by atoms with Crippen molar-refractivity contribution in [3.8, 4) is 5.75 Å². The average Bonchev–Trinajstić information content (AvgIpc) is 2.94. The number of nitrogens with zero attached hydrogens (tertiary/aromatic N) is 2. The maximum atomic E-state index is 12.5. The molecule has 1 aliphatic rings. The summed E-state index contributed by atoms with van der Waals surface area (Å²) in [5.41, 5.74) is 1.81. The standard InChI is InChI=1S/C22H24ClN3O2/c1-28-17-9-6-15(7-10-17)20-5-3-2-4-12-26(20)14-21-24-19-11-8-16(23)13-18(19)22(27)25-21/h6-11,13,20H,2-5,12,14H2,1H3,(H,24,25,27). The third-order valence-electron chi connectivity index (χ3n) is 5.43. The van der Waals surface area contributed by atoms with Crippen LogP contribution in [0.5, 0.6) is 5.75 Å². The number of likely N-dealkylation sites (tertiary alicyclic amines) is 1. The fourth-order valence-electron chi connectivity index (χ4n) is 3.99. The molecule has 0 aliphatic carbocycles. The van der Waals surface area contributed by atoms with Crippen molar-refractivity contribution in [2.45, 2.75) is 38.3 Å². The van der Waals surface area contributed by atoms with E-state index in [1.54, 1.807) is 25.3 Å². The summed E-state index contributed by atoms with van der Waals surface area (Å²) in [6, 6.07) is 13.8. The molecule has 0 amide bonds. The normalized spacial score (nSPS) is 18.1. The summed E-state index contributed by atoms with van der Waals surface area (Å²) in [6.07, 6.45) is 4.68. The molecular weight excluding hydrogens is 374 g/mol. The van der Waals surface area contributed by atoms with Gasteiger partial charge in [-0.25, -0.2) is 4.98 Å². The summed E-state index contributed by atoms with van der Waals surface area (Å²) in [5.74, 6) is 1.56. The number of fused-ring (bicyclic) bond motifs is 1. The topological polar surface area (TPSA) is 58.2 Å². The number of halogens is 1. The first-order chi connectivity index (χ1) is 13.6. The Balaban J connectivity index is 1.64. The minimum Gasteiger partial charge on any atom is -0.497 e. The molecule has 5 nitrogen and oxygen atoms in total. The first-order valence-corrected chi connectivity index (χ1v) is 10.1. The lowest BCUT2D eigenvalue weighted by atomic mass is 10.0. The Morgan fingerprint density at radius 3 is 2.79 bits per heavy atom. The van der Waals surface area contributed by atoms with Gasteiger partial charge in [-0.15, -0.1) is 0 Å². The van der Waals surface area contributed by atoms with Gasteiger partial charge in [-0.3, -0.25) is 9.69 Å².